The van der Waals surface area contributed by atoms with Crippen LogP contribution in [0.2, 0.25) is 0 Å². The molecule has 0 aliphatic rings. The minimum absolute atomic E-state index is 0.0369. The highest BCUT2D eigenvalue weighted by Crippen LogP contribution is 2.18. The standard InChI is InChI=1S/C14H23N3O/c1-10(2)8-11(3)17(5)14(18)12-6-7-16-9-13(12)15-4/h6-7,9-11,15H,8H2,1-5H3. The predicted octanol–water partition coefficient (Wildman–Crippen LogP) is 2.63. The van der Waals surface area contributed by atoms with Crippen molar-refractivity contribution in [2.75, 3.05) is 19.4 Å². The van der Waals surface area contributed by atoms with Gasteiger partial charge in [-0.05, 0) is 25.3 Å². The van der Waals surface area contributed by atoms with Crippen molar-refractivity contribution in [1.29, 1.82) is 0 Å². The molecule has 1 rings (SSSR count). The molecule has 0 fully saturated rings. The van der Waals surface area contributed by atoms with Gasteiger partial charge in [-0.15, -0.1) is 0 Å². The number of hydrogen-bond acceptors (Lipinski definition) is 3. The zero-order chi connectivity index (χ0) is 13.7. The molecule has 0 aromatic carbocycles. The van der Waals surface area contributed by atoms with Crippen molar-refractivity contribution in [2.24, 2.45) is 5.92 Å². The molecule has 0 aliphatic heterocycles. The number of carbonyl (C=O) groups is 1. The van der Waals surface area contributed by atoms with Crippen LogP contribution in [0.15, 0.2) is 18.5 Å². The zero-order valence-corrected chi connectivity index (χ0v) is 11.9. The number of nitrogens with zero attached hydrogens (tertiary/aromatic N) is 2. The number of amides is 1. The molecular formula is C14H23N3O. The Bertz CT molecular complexity index is 404. The minimum Gasteiger partial charge on any atom is -0.386 e. The summed E-state index contributed by atoms with van der Waals surface area (Å²) in [5.41, 5.74) is 1.44. The molecule has 1 aromatic heterocycles. The Hall–Kier alpha value is -1.58. The first kappa shape index (κ1) is 14.5. The Morgan fingerprint density at radius 1 is 1.44 bits per heavy atom. The fourth-order valence-electron chi connectivity index (χ4n) is 2.01. The summed E-state index contributed by atoms with van der Waals surface area (Å²) in [7, 11) is 3.65. The summed E-state index contributed by atoms with van der Waals surface area (Å²) in [4.78, 5) is 18.2. The summed E-state index contributed by atoms with van der Waals surface area (Å²) in [6.07, 6.45) is 4.32. The summed E-state index contributed by atoms with van der Waals surface area (Å²) in [6, 6.07) is 1.99. The fourth-order valence-corrected chi connectivity index (χ4v) is 2.01. The minimum atomic E-state index is 0.0369. The third-order valence-corrected chi connectivity index (χ3v) is 3.11. The topological polar surface area (TPSA) is 45.2 Å². The van der Waals surface area contributed by atoms with E-state index in [1.165, 1.54) is 0 Å². The maximum atomic E-state index is 12.4. The van der Waals surface area contributed by atoms with Gasteiger partial charge < -0.3 is 10.2 Å². The van der Waals surface area contributed by atoms with Gasteiger partial charge in [-0.2, -0.15) is 0 Å². The summed E-state index contributed by atoms with van der Waals surface area (Å²) < 4.78 is 0. The molecule has 1 atom stereocenters. The highest BCUT2D eigenvalue weighted by atomic mass is 16.2. The third-order valence-electron chi connectivity index (χ3n) is 3.11. The number of anilines is 1. The lowest BCUT2D eigenvalue weighted by atomic mass is 10.0. The Labute approximate surface area is 109 Å². The van der Waals surface area contributed by atoms with Gasteiger partial charge in [0.2, 0.25) is 0 Å². The van der Waals surface area contributed by atoms with Crippen LogP contribution in [0.25, 0.3) is 0 Å². The smallest absolute Gasteiger partial charge is 0.256 e. The van der Waals surface area contributed by atoms with Crippen molar-refractivity contribution in [3.63, 3.8) is 0 Å². The number of carbonyl (C=O) groups excluding carboxylic acids is 1. The molecule has 1 amide bonds. The van der Waals surface area contributed by atoms with E-state index in [1.807, 2.05) is 7.05 Å². The largest absolute Gasteiger partial charge is 0.386 e. The number of pyridine rings is 1. The predicted molar refractivity (Wildman–Crippen MR) is 74.8 cm³/mol. The molecule has 1 heterocycles. The van der Waals surface area contributed by atoms with E-state index in [-0.39, 0.29) is 11.9 Å². The van der Waals surface area contributed by atoms with Crippen molar-refractivity contribution in [3.8, 4) is 0 Å². The average Bonchev–Trinajstić information content (AvgIpc) is 2.36. The highest BCUT2D eigenvalue weighted by molar-refractivity contribution is 5.99. The van der Waals surface area contributed by atoms with Gasteiger partial charge in [-0.1, -0.05) is 13.8 Å². The van der Waals surface area contributed by atoms with Crippen LogP contribution in [0.1, 0.15) is 37.6 Å². The van der Waals surface area contributed by atoms with Crippen molar-refractivity contribution in [2.45, 2.75) is 33.2 Å². The van der Waals surface area contributed by atoms with Crippen LogP contribution >= 0.6 is 0 Å². The third kappa shape index (κ3) is 3.45. The molecule has 4 nitrogen and oxygen atoms in total. The number of nitrogens with one attached hydrogen (secondary N) is 1. The lowest BCUT2D eigenvalue weighted by Crippen LogP contribution is -2.36. The SMILES string of the molecule is CNc1cnccc1C(=O)N(C)C(C)CC(C)C. The number of aromatic nitrogens is 1. The lowest BCUT2D eigenvalue weighted by molar-refractivity contribution is 0.0729. The van der Waals surface area contributed by atoms with Gasteiger partial charge >= 0.3 is 0 Å². The molecule has 0 saturated heterocycles. The molecular weight excluding hydrogens is 226 g/mol. The Morgan fingerprint density at radius 2 is 2.11 bits per heavy atom. The van der Waals surface area contributed by atoms with Crippen LogP contribution < -0.4 is 5.32 Å². The van der Waals surface area contributed by atoms with Gasteiger partial charge in [0.25, 0.3) is 5.91 Å². The maximum Gasteiger partial charge on any atom is 0.256 e. The summed E-state index contributed by atoms with van der Waals surface area (Å²) in [5.74, 6) is 0.617. The fraction of sp³-hybridized carbons (Fsp3) is 0.571. The van der Waals surface area contributed by atoms with Crippen LogP contribution in [0.3, 0.4) is 0 Å². The number of rotatable bonds is 5. The van der Waals surface area contributed by atoms with Crippen molar-refractivity contribution in [3.05, 3.63) is 24.0 Å². The summed E-state index contributed by atoms with van der Waals surface area (Å²) in [5, 5.41) is 3.00. The van der Waals surface area contributed by atoms with E-state index in [0.29, 0.717) is 11.5 Å². The number of hydrogen-bond donors (Lipinski definition) is 1. The normalized spacial score (nSPS) is 12.3. The Balaban J connectivity index is 2.86. The molecule has 0 bridgehead atoms. The first-order chi connectivity index (χ1) is 8.47. The lowest BCUT2D eigenvalue weighted by Gasteiger charge is -2.27. The van der Waals surface area contributed by atoms with Crippen LogP contribution in [-0.2, 0) is 0 Å². The molecule has 1 aromatic rings. The van der Waals surface area contributed by atoms with E-state index in [0.717, 1.165) is 12.1 Å². The summed E-state index contributed by atoms with van der Waals surface area (Å²) >= 11 is 0. The second-order valence-electron chi connectivity index (χ2n) is 5.07. The van der Waals surface area contributed by atoms with Gasteiger partial charge in [0.05, 0.1) is 17.4 Å². The molecule has 4 heteroatoms. The molecule has 0 saturated carbocycles. The quantitative estimate of drug-likeness (QED) is 0.872. The zero-order valence-electron chi connectivity index (χ0n) is 11.9. The Kier molecular flexibility index (Phi) is 5.13. The first-order valence-corrected chi connectivity index (χ1v) is 6.36. The van der Waals surface area contributed by atoms with Crippen molar-refractivity contribution < 1.29 is 4.79 Å². The second-order valence-corrected chi connectivity index (χ2v) is 5.07. The molecule has 0 spiro atoms. The monoisotopic (exact) mass is 249 g/mol. The van der Waals surface area contributed by atoms with E-state index < -0.39 is 0 Å². The average molecular weight is 249 g/mol. The van der Waals surface area contributed by atoms with Crippen molar-refractivity contribution in [1.82, 2.24) is 9.88 Å². The summed E-state index contributed by atoms with van der Waals surface area (Å²) in [6.45, 7) is 6.42. The molecule has 1 unspecified atom stereocenters. The van der Waals surface area contributed by atoms with Crippen LogP contribution in [-0.4, -0.2) is 35.9 Å². The van der Waals surface area contributed by atoms with Gasteiger partial charge in [-0.3, -0.25) is 9.78 Å². The Morgan fingerprint density at radius 3 is 2.67 bits per heavy atom. The van der Waals surface area contributed by atoms with Crippen LogP contribution in [0, 0.1) is 5.92 Å². The van der Waals surface area contributed by atoms with E-state index >= 15 is 0 Å². The van der Waals surface area contributed by atoms with E-state index in [1.54, 1.807) is 30.4 Å². The van der Waals surface area contributed by atoms with Gasteiger partial charge in [0.15, 0.2) is 0 Å². The molecule has 0 radical (unpaired) electrons. The molecule has 18 heavy (non-hydrogen) atoms. The first-order valence-electron chi connectivity index (χ1n) is 6.36. The van der Waals surface area contributed by atoms with Gasteiger partial charge in [0, 0.05) is 26.3 Å². The second kappa shape index (κ2) is 6.38. The molecule has 1 N–H and O–H groups in total. The molecule has 100 valence electrons. The van der Waals surface area contributed by atoms with Gasteiger partial charge in [0.1, 0.15) is 0 Å². The van der Waals surface area contributed by atoms with Crippen LogP contribution in [0.5, 0.6) is 0 Å². The van der Waals surface area contributed by atoms with Crippen LogP contribution in [0.4, 0.5) is 5.69 Å². The van der Waals surface area contributed by atoms with E-state index in [2.05, 4.69) is 31.1 Å². The molecule has 0 aliphatic carbocycles. The van der Waals surface area contributed by atoms with E-state index in [4.69, 9.17) is 0 Å². The van der Waals surface area contributed by atoms with Crippen molar-refractivity contribution >= 4 is 11.6 Å². The highest BCUT2D eigenvalue weighted by Gasteiger charge is 2.20. The van der Waals surface area contributed by atoms with E-state index in [9.17, 15) is 4.79 Å². The van der Waals surface area contributed by atoms with Gasteiger partial charge in [-0.25, -0.2) is 0 Å². The maximum absolute atomic E-state index is 12.4.